The maximum absolute atomic E-state index is 12.2. The molecule has 0 aromatic carbocycles. The summed E-state index contributed by atoms with van der Waals surface area (Å²) in [7, 11) is 1.86. The van der Waals surface area contributed by atoms with E-state index in [1.807, 2.05) is 18.9 Å². The minimum Gasteiger partial charge on any atom is -0.481 e. The van der Waals surface area contributed by atoms with E-state index in [4.69, 9.17) is 5.11 Å². The molecule has 0 atom stereocenters. The molecule has 0 spiro atoms. The highest BCUT2D eigenvalue weighted by Crippen LogP contribution is 2.29. The first-order chi connectivity index (χ1) is 11.4. The number of carbonyl (C=O) groups excluding carboxylic acids is 2. The van der Waals surface area contributed by atoms with Gasteiger partial charge in [0, 0.05) is 38.9 Å². The van der Waals surface area contributed by atoms with Crippen LogP contribution < -0.4 is 5.32 Å². The fourth-order valence-corrected chi connectivity index (χ4v) is 3.30. The van der Waals surface area contributed by atoms with Crippen molar-refractivity contribution >= 4 is 17.8 Å². The molecule has 0 aromatic heterocycles. The van der Waals surface area contributed by atoms with Crippen molar-refractivity contribution in [1.29, 1.82) is 0 Å². The van der Waals surface area contributed by atoms with Gasteiger partial charge in [0.25, 0.3) is 0 Å². The predicted molar refractivity (Wildman–Crippen MR) is 92.5 cm³/mol. The Labute approximate surface area is 145 Å². The van der Waals surface area contributed by atoms with E-state index in [0.717, 1.165) is 45.1 Å². The molecule has 1 saturated carbocycles. The zero-order valence-electron chi connectivity index (χ0n) is 15.1. The summed E-state index contributed by atoms with van der Waals surface area (Å²) in [5, 5.41) is 11.5. The van der Waals surface area contributed by atoms with Gasteiger partial charge in [-0.1, -0.05) is 13.3 Å². The van der Waals surface area contributed by atoms with Crippen molar-refractivity contribution in [2.24, 2.45) is 11.8 Å². The van der Waals surface area contributed by atoms with Gasteiger partial charge in [0.2, 0.25) is 11.8 Å². The molecule has 1 rings (SSSR count). The summed E-state index contributed by atoms with van der Waals surface area (Å²) in [6.45, 7) is 3.30. The quantitative estimate of drug-likeness (QED) is 0.598. The molecule has 0 heterocycles. The van der Waals surface area contributed by atoms with Crippen LogP contribution in [0.5, 0.6) is 0 Å². The minimum absolute atomic E-state index is 0.0902. The first-order valence-corrected chi connectivity index (χ1v) is 9.17. The third-order valence-corrected chi connectivity index (χ3v) is 4.84. The lowest BCUT2D eigenvalue weighted by atomic mass is 9.81. The van der Waals surface area contributed by atoms with Gasteiger partial charge in [-0.3, -0.25) is 14.4 Å². The van der Waals surface area contributed by atoms with Crippen LogP contribution >= 0.6 is 0 Å². The summed E-state index contributed by atoms with van der Waals surface area (Å²) in [5.41, 5.74) is 0. The predicted octanol–water partition coefficient (Wildman–Crippen LogP) is 2.42. The molecule has 1 aliphatic carbocycles. The van der Waals surface area contributed by atoms with Gasteiger partial charge in [-0.05, 0) is 44.4 Å². The SMILES string of the molecule is CCC(=O)N(C)CC1CCC(C(=O)NCCCCCC(=O)O)CC1. The molecule has 6 nitrogen and oxygen atoms in total. The Kier molecular flexibility index (Phi) is 9.42. The molecule has 2 N–H and O–H groups in total. The average Bonchev–Trinajstić information content (AvgIpc) is 2.57. The van der Waals surface area contributed by atoms with E-state index in [1.165, 1.54) is 0 Å². The third kappa shape index (κ3) is 7.79. The van der Waals surface area contributed by atoms with E-state index in [1.54, 1.807) is 0 Å². The second kappa shape index (κ2) is 11.0. The van der Waals surface area contributed by atoms with E-state index >= 15 is 0 Å². The fraction of sp³-hybridized carbons (Fsp3) is 0.833. The number of carboxylic acid groups (broad SMARTS) is 1. The molecule has 0 aliphatic heterocycles. The molecule has 1 fully saturated rings. The summed E-state index contributed by atoms with van der Waals surface area (Å²) < 4.78 is 0. The van der Waals surface area contributed by atoms with E-state index in [9.17, 15) is 14.4 Å². The van der Waals surface area contributed by atoms with Crippen LogP contribution in [0, 0.1) is 11.8 Å². The largest absolute Gasteiger partial charge is 0.481 e. The molecule has 138 valence electrons. The molecular formula is C18H32N2O4. The van der Waals surface area contributed by atoms with Crippen molar-refractivity contribution in [3.63, 3.8) is 0 Å². The van der Waals surface area contributed by atoms with Crippen molar-refractivity contribution in [3.8, 4) is 0 Å². The van der Waals surface area contributed by atoms with Gasteiger partial charge in [-0.15, -0.1) is 0 Å². The zero-order chi connectivity index (χ0) is 17.9. The number of hydrogen-bond donors (Lipinski definition) is 2. The highest BCUT2D eigenvalue weighted by atomic mass is 16.4. The number of amides is 2. The molecule has 2 amide bonds. The molecule has 6 heteroatoms. The summed E-state index contributed by atoms with van der Waals surface area (Å²) in [6.07, 6.45) is 6.85. The summed E-state index contributed by atoms with van der Waals surface area (Å²) in [4.78, 5) is 36.0. The minimum atomic E-state index is -0.762. The molecule has 0 aromatic rings. The smallest absolute Gasteiger partial charge is 0.303 e. The first-order valence-electron chi connectivity index (χ1n) is 9.17. The highest BCUT2D eigenvalue weighted by molar-refractivity contribution is 5.78. The molecule has 0 unspecified atom stereocenters. The Bertz CT molecular complexity index is 417. The topological polar surface area (TPSA) is 86.7 Å². The van der Waals surface area contributed by atoms with Gasteiger partial charge in [0.05, 0.1) is 0 Å². The zero-order valence-corrected chi connectivity index (χ0v) is 15.1. The first kappa shape index (κ1) is 20.5. The van der Waals surface area contributed by atoms with Gasteiger partial charge in [0.15, 0.2) is 0 Å². The number of carbonyl (C=O) groups is 3. The van der Waals surface area contributed by atoms with E-state index in [-0.39, 0.29) is 24.2 Å². The number of unbranched alkanes of at least 4 members (excludes halogenated alkanes) is 2. The molecule has 1 aliphatic rings. The normalized spacial score (nSPS) is 20.4. The number of aliphatic carboxylic acids is 1. The number of carboxylic acids is 1. The lowest BCUT2D eigenvalue weighted by Crippen LogP contribution is -2.37. The van der Waals surface area contributed by atoms with Crippen LogP contribution in [0.4, 0.5) is 0 Å². The number of rotatable bonds is 10. The van der Waals surface area contributed by atoms with Gasteiger partial charge >= 0.3 is 5.97 Å². The van der Waals surface area contributed by atoms with Crippen molar-refractivity contribution in [2.45, 2.75) is 64.7 Å². The van der Waals surface area contributed by atoms with Gasteiger partial charge in [-0.25, -0.2) is 0 Å². The molecule has 0 radical (unpaired) electrons. The van der Waals surface area contributed by atoms with Gasteiger partial charge < -0.3 is 15.3 Å². The average molecular weight is 340 g/mol. The van der Waals surface area contributed by atoms with E-state index < -0.39 is 5.97 Å². The van der Waals surface area contributed by atoms with Crippen molar-refractivity contribution in [2.75, 3.05) is 20.1 Å². The van der Waals surface area contributed by atoms with Crippen LogP contribution in [-0.4, -0.2) is 47.9 Å². The second-order valence-corrected chi connectivity index (χ2v) is 6.84. The monoisotopic (exact) mass is 340 g/mol. The fourth-order valence-electron chi connectivity index (χ4n) is 3.30. The Morgan fingerprint density at radius 2 is 1.75 bits per heavy atom. The van der Waals surface area contributed by atoms with Crippen molar-refractivity contribution in [1.82, 2.24) is 10.2 Å². The highest BCUT2D eigenvalue weighted by Gasteiger charge is 2.27. The second-order valence-electron chi connectivity index (χ2n) is 6.84. The maximum Gasteiger partial charge on any atom is 0.303 e. The Balaban J connectivity index is 2.14. The molecule has 0 saturated heterocycles. The van der Waals surface area contributed by atoms with Crippen LogP contribution in [0.25, 0.3) is 0 Å². The summed E-state index contributed by atoms with van der Waals surface area (Å²) in [6, 6.07) is 0. The Morgan fingerprint density at radius 1 is 1.08 bits per heavy atom. The lowest BCUT2D eigenvalue weighted by Gasteiger charge is -2.30. The Hall–Kier alpha value is -1.59. The summed E-state index contributed by atoms with van der Waals surface area (Å²) in [5.74, 6) is 0.141. The van der Waals surface area contributed by atoms with Gasteiger partial charge in [-0.2, -0.15) is 0 Å². The number of nitrogens with zero attached hydrogens (tertiary/aromatic N) is 1. The van der Waals surface area contributed by atoms with E-state index in [2.05, 4.69) is 5.32 Å². The van der Waals surface area contributed by atoms with Gasteiger partial charge in [0.1, 0.15) is 0 Å². The third-order valence-electron chi connectivity index (χ3n) is 4.84. The van der Waals surface area contributed by atoms with E-state index in [0.29, 0.717) is 25.3 Å². The molecule has 0 bridgehead atoms. The number of hydrogen-bond acceptors (Lipinski definition) is 3. The van der Waals surface area contributed by atoms with Crippen molar-refractivity contribution < 1.29 is 19.5 Å². The van der Waals surface area contributed by atoms with Crippen LogP contribution in [0.1, 0.15) is 64.7 Å². The van der Waals surface area contributed by atoms with Crippen LogP contribution in [0.3, 0.4) is 0 Å². The molecule has 24 heavy (non-hydrogen) atoms. The van der Waals surface area contributed by atoms with Crippen LogP contribution in [0.2, 0.25) is 0 Å². The summed E-state index contributed by atoms with van der Waals surface area (Å²) >= 11 is 0. The Morgan fingerprint density at radius 3 is 2.33 bits per heavy atom. The maximum atomic E-state index is 12.2. The number of nitrogens with one attached hydrogen (secondary N) is 1. The van der Waals surface area contributed by atoms with Crippen LogP contribution in [0.15, 0.2) is 0 Å². The lowest BCUT2D eigenvalue weighted by molar-refractivity contribution is -0.137. The standard InChI is InChI=1S/C18H32N2O4/c1-3-16(21)20(2)13-14-8-10-15(11-9-14)18(24)19-12-6-4-5-7-17(22)23/h14-15H,3-13H2,1-2H3,(H,19,24)(H,22,23). The van der Waals surface area contributed by atoms with Crippen molar-refractivity contribution in [3.05, 3.63) is 0 Å². The van der Waals surface area contributed by atoms with Crippen LogP contribution in [-0.2, 0) is 14.4 Å². The molecular weight excluding hydrogens is 308 g/mol.